The SMILES string of the molecule is CCN(CC)c1noc(-c2ccc(N)cc2OC)n1. The van der Waals surface area contributed by atoms with Crippen LogP contribution in [0.5, 0.6) is 5.75 Å². The highest BCUT2D eigenvalue weighted by Crippen LogP contribution is 2.31. The van der Waals surface area contributed by atoms with Crippen molar-refractivity contribution in [3.63, 3.8) is 0 Å². The molecule has 6 heteroatoms. The van der Waals surface area contributed by atoms with Gasteiger partial charge in [0.05, 0.1) is 12.7 Å². The summed E-state index contributed by atoms with van der Waals surface area (Å²) >= 11 is 0. The van der Waals surface area contributed by atoms with E-state index in [4.69, 9.17) is 15.0 Å². The first-order valence-electron chi connectivity index (χ1n) is 6.22. The molecule has 1 aromatic carbocycles. The Labute approximate surface area is 112 Å². The van der Waals surface area contributed by atoms with Gasteiger partial charge in [-0.15, -0.1) is 0 Å². The van der Waals surface area contributed by atoms with Crippen molar-refractivity contribution in [3.05, 3.63) is 18.2 Å². The molecule has 0 radical (unpaired) electrons. The Morgan fingerprint density at radius 3 is 2.68 bits per heavy atom. The van der Waals surface area contributed by atoms with Crippen molar-refractivity contribution in [1.29, 1.82) is 0 Å². The summed E-state index contributed by atoms with van der Waals surface area (Å²) in [7, 11) is 1.58. The van der Waals surface area contributed by atoms with E-state index in [1.807, 2.05) is 24.8 Å². The number of rotatable bonds is 5. The normalized spacial score (nSPS) is 10.5. The zero-order valence-electron chi connectivity index (χ0n) is 11.4. The molecule has 2 aromatic rings. The molecule has 0 aliphatic carbocycles. The number of anilines is 2. The predicted octanol–water partition coefficient (Wildman–Crippen LogP) is 2.17. The molecule has 19 heavy (non-hydrogen) atoms. The third kappa shape index (κ3) is 2.62. The summed E-state index contributed by atoms with van der Waals surface area (Å²) in [6.45, 7) is 5.75. The standard InChI is InChI=1S/C13H18N4O2/c1-4-17(5-2)13-15-12(19-16-13)10-7-6-9(14)8-11(10)18-3/h6-8H,4-5,14H2,1-3H3. The van der Waals surface area contributed by atoms with E-state index in [2.05, 4.69) is 10.1 Å². The minimum atomic E-state index is 0.429. The Hall–Kier alpha value is -2.24. The predicted molar refractivity (Wildman–Crippen MR) is 74.3 cm³/mol. The first-order valence-corrected chi connectivity index (χ1v) is 6.22. The highest BCUT2D eigenvalue weighted by Gasteiger charge is 2.16. The van der Waals surface area contributed by atoms with Gasteiger partial charge in [0.2, 0.25) is 0 Å². The van der Waals surface area contributed by atoms with Gasteiger partial charge in [0, 0.05) is 24.8 Å². The molecule has 0 spiro atoms. The maximum Gasteiger partial charge on any atom is 0.266 e. The minimum Gasteiger partial charge on any atom is -0.496 e. The average molecular weight is 262 g/mol. The van der Waals surface area contributed by atoms with Crippen LogP contribution >= 0.6 is 0 Å². The fourth-order valence-corrected chi connectivity index (χ4v) is 1.84. The number of ether oxygens (including phenoxy) is 1. The number of hydrogen-bond donors (Lipinski definition) is 1. The van der Waals surface area contributed by atoms with Crippen LogP contribution in [-0.2, 0) is 0 Å². The van der Waals surface area contributed by atoms with Crippen molar-refractivity contribution in [2.75, 3.05) is 30.8 Å². The van der Waals surface area contributed by atoms with Crippen LogP contribution < -0.4 is 15.4 Å². The van der Waals surface area contributed by atoms with Gasteiger partial charge in [0.15, 0.2) is 0 Å². The maximum absolute atomic E-state index is 5.72. The summed E-state index contributed by atoms with van der Waals surface area (Å²) in [5.74, 6) is 1.63. The molecule has 0 amide bonds. The summed E-state index contributed by atoms with van der Waals surface area (Å²) in [4.78, 5) is 6.40. The highest BCUT2D eigenvalue weighted by atomic mass is 16.5. The number of benzene rings is 1. The summed E-state index contributed by atoms with van der Waals surface area (Å²) in [5.41, 5.74) is 7.09. The lowest BCUT2D eigenvalue weighted by atomic mass is 10.2. The molecule has 1 heterocycles. The second-order valence-electron chi connectivity index (χ2n) is 4.03. The minimum absolute atomic E-state index is 0.429. The smallest absolute Gasteiger partial charge is 0.266 e. The molecule has 0 atom stereocenters. The number of methoxy groups -OCH3 is 1. The third-order valence-corrected chi connectivity index (χ3v) is 2.92. The fourth-order valence-electron chi connectivity index (χ4n) is 1.84. The summed E-state index contributed by atoms with van der Waals surface area (Å²) in [5, 5.41) is 3.99. The number of nitrogens with two attached hydrogens (primary N) is 1. The molecule has 0 saturated carbocycles. The van der Waals surface area contributed by atoms with Gasteiger partial charge in [-0.2, -0.15) is 4.98 Å². The summed E-state index contributed by atoms with van der Waals surface area (Å²) in [6.07, 6.45) is 0. The van der Waals surface area contributed by atoms with Crippen molar-refractivity contribution >= 4 is 11.6 Å². The molecule has 0 fully saturated rings. The van der Waals surface area contributed by atoms with Gasteiger partial charge in [-0.3, -0.25) is 0 Å². The topological polar surface area (TPSA) is 77.4 Å². The van der Waals surface area contributed by atoms with Crippen LogP contribution in [0.15, 0.2) is 22.7 Å². The molecule has 2 N–H and O–H groups in total. The van der Waals surface area contributed by atoms with Gasteiger partial charge in [-0.25, -0.2) is 0 Å². The Kier molecular flexibility index (Phi) is 3.89. The van der Waals surface area contributed by atoms with E-state index >= 15 is 0 Å². The van der Waals surface area contributed by atoms with Crippen LogP contribution in [0.2, 0.25) is 0 Å². The van der Waals surface area contributed by atoms with Crippen LogP contribution in [-0.4, -0.2) is 30.3 Å². The summed E-state index contributed by atoms with van der Waals surface area (Å²) < 4.78 is 10.6. The monoisotopic (exact) mass is 262 g/mol. The molecule has 6 nitrogen and oxygen atoms in total. The molecule has 2 rings (SSSR count). The molecule has 0 saturated heterocycles. The molecule has 0 aliphatic heterocycles. The third-order valence-electron chi connectivity index (χ3n) is 2.92. The number of aromatic nitrogens is 2. The summed E-state index contributed by atoms with van der Waals surface area (Å²) in [6, 6.07) is 5.32. The van der Waals surface area contributed by atoms with Crippen LogP contribution in [0.3, 0.4) is 0 Å². The van der Waals surface area contributed by atoms with E-state index in [1.54, 1.807) is 19.2 Å². The van der Waals surface area contributed by atoms with Gasteiger partial charge in [0.1, 0.15) is 5.75 Å². The first-order chi connectivity index (χ1) is 9.19. The van der Waals surface area contributed by atoms with Gasteiger partial charge in [-0.1, -0.05) is 0 Å². The van der Waals surface area contributed by atoms with Crippen LogP contribution in [0.25, 0.3) is 11.5 Å². The van der Waals surface area contributed by atoms with Crippen LogP contribution in [0, 0.1) is 0 Å². The quantitative estimate of drug-likeness (QED) is 0.832. The second kappa shape index (κ2) is 5.60. The van der Waals surface area contributed by atoms with Gasteiger partial charge < -0.3 is 19.9 Å². The highest BCUT2D eigenvalue weighted by molar-refractivity contribution is 5.67. The lowest BCUT2D eigenvalue weighted by molar-refractivity contribution is 0.405. The van der Waals surface area contributed by atoms with Crippen molar-refractivity contribution < 1.29 is 9.26 Å². The largest absolute Gasteiger partial charge is 0.496 e. The van der Waals surface area contributed by atoms with E-state index in [1.165, 1.54) is 0 Å². The van der Waals surface area contributed by atoms with Crippen LogP contribution in [0.4, 0.5) is 11.6 Å². The van der Waals surface area contributed by atoms with E-state index in [-0.39, 0.29) is 0 Å². The number of nitrogen functional groups attached to an aromatic ring is 1. The van der Waals surface area contributed by atoms with E-state index in [0.717, 1.165) is 18.7 Å². The molecule has 102 valence electrons. The van der Waals surface area contributed by atoms with E-state index in [9.17, 15) is 0 Å². The van der Waals surface area contributed by atoms with Crippen molar-refractivity contribution in [2.24, 2.45) is 0 Å². The molecule has 0 bridgehead atoms. The van der Waals surface area contributed by atoms with Crippen LogP contribution in [0.1, 0.15) is 13.8 Å². The maximum atomic E-state index is 5.72. The molecule has 0 aliphatic rings. The lowest BCUT2D eigenvalue weighted by Crippen LogP contribution is -2.22. The van der Waals surface area contributed by atoms with Gasteiger partial charge >= 0.3 is 0 Å². The zero-order chi connectivity index (χ0) is 13.8. The number of hydrogen-bond acceptors (Lipinski definition) is 6. The second-order valence-corrected chi connectivity index (χ2v) is 4.03. The van der Waals surface area contributed by atoms with Crippen molar-refractivity contribution in [1.82, 2.24) is 10.1 Å². The van der Waals surface area contributed by atoms with Crippen molar-refractivity contribution in [2.45, 2.75) is 13.8 Å². The molecule has 1 aromatic heterocycles. The Balaban J connectivity index is 2.37. The Morgan fingerprint density at radius 2 is 2.05 bits per heavy atom. The van der Waals surface area contributed by atoms with E-state index < -0.39 is 0 Å². The fraction of sp³-hybridized carbons (Fsp3) is 0.385. The van der Waals surface area contributed by atoms with Crippen molar-refractivity contribution in [3.8, 4) is 17.2 Å². The molecular formula is C13H18N4O2. The zero-order valence-corrected chi connectivity index (χ0v) is 11.4. The Morgan fingerprint density at radius 1 is 1.32 bits per heavy atom. The average Bonchev–Trinajstić information content (AvgIpc) is 2.89. The number of nitrogens with zero attached hydrogens (tertiary/aromatic N) is 3. The Bertz CT molecular complexity index is 549. The molecule has 0 unspecified atom stereocenters. The lowest BCUT2D eigenvalue weighted by Gasteiger charge is -2.14. The van der Waals surface area contributed by atoms with Gasteiger partial charge in [-0.05, 0) is 31.1 Å². The molecular weight excluding hydrogens is 244 g/mol. The first kappa shape index (κ1) is 13.2. The van der Waals surface area contributed by atoms with Gasteiger partial charge in [0.25, 0.3) is 11.8 Å². The van der Waals surface area contributed by atoms with E-state index in [0.29, 0.717) is 23.3 Å².